The molecule has 2 saturated heterocycles. The summed E-state index contributed by atoms with van der Waals surface area (Å²) in [5.74, 6) is 0.238. The number of piperazine rings is 1. The van der Waals surface area contributed by atoms with Crippen LogP contribution in [-0.2, 0) is 9.53 Å². The van der Waals surface area contributed by atoms with E-state index in [-0.39, 0.29) is 24.4 Å². The highest BCUT2D eigenvalue weighted by atomic mass is 35.5. The molecule has 100 valence electrons. The molecule has 0 spiro atoms. The maximum atomic E-state index is 12.0. The van der Waals surface area contributed by atoms with Crippen LogP contribution in [-0.4, -0.2) is 74.7 Å². The van der Waals surface area contributed by atoms with E-state index in [1.165, 1.54) is 0 Å². The van der Waals surface area contributed by atoms with Gasteiger partial charge in [-0.25, -0.2) is 0 Å². The van der Waals surface area contributed by atoms with Crippen LogP contribution in [0.5, 0.6) is 0 Å². The van der Waals surface area contributed by atoms with Crippen molar-refractivity contribution in [2.24, 2.45) is 0 Å². The fourth-order valence-corrected chi connectivity index (χ4v) is 2.13. The molecule has 2 rings (SSSR count). The summed E-state index contributed by atoms with van der Waals surface area (Å²) in [7, 11) is 2.09. The van der Waals surface area contributed by atoms with E-state index in [0.29, 0.717) is 6.42 Å². The largest absolute Gasteiger partial charge is 0.375 e. The smallest absolute Gasteiger partial charge is 0.225 e. The van der Waals surface area contributed by atoms with Gasteiger partial charge in [0.1, 0.15) is 0 Å². The van der Waals surface area contributed by atoms with Gasteiger partial charge >= 0.3 is 0 Å². The number of ether oxygens (including phenoxy) is 1. The van der Waals surface area contributed by atoms with E-state index in [1.807, 2.05) is 4.90 Å². The number of rotatable bonds is 2. The maximum absolute atomic E-state index is 12.0. The Balaban J connectivity index is 0.00000144. The average molecular weight is 264 g/mol. The molecule has 2 aliphatic heterocycles. The van der Waals surface area contributed by atoms with Crippen LogP contribution in [0, 0.1) is 0 Å². The van der Waals surface area contributed by atoms with Crippen LogP contribution in [0.2, 0.25) is 0 Å². The molecule has 2 fully saturated rings. The minimum absolute atomic E-state index is 0. The molecule has 0 aliphatic carbocycles. The minimum Gasteiger partial charge on any atom is -0.375 e. The van der Waals surface area contributed by atoms with Gasteiger partial charge in [-0.15, -0.1) is 12.4 Å². The van der Waals surface area contributed by atoms with Crippen LogP contribution in [0.25, 0.3) is 0 Å². The lowest BCUT2D eigenvalue weighted by Crippen LogP contribution is -2.49. The summed E-state index contributed by atoms with van der Waals surface area (Å²) in [5.41, 5.74) is 0. The van der Waals surface area contributed by atoms with Crippen LogP contribution < -0.4 is 5.32 Å². The lowest BCUT2D eigenvalue weighted by Gasteiger charge is -2.33. The number of hydrogen-bond acceptors (Lipinski definition) is 4. The number of morpholine rings is 1. The van der Waals surface area contributed by atoms with Crippen molar-refractivity contribution < 1.29 is 9.53 Å². The zero-order chi connectivity index (χ0) is 11.4. The van der Waals surface area contributed by atoms with Crippen molar-refractivity contribution in [1.82, 2.24) is 15.1 Å². The number of nitrogens with zero attached hydrogens (tertiary/aromatic N) is 2. The van der Waals surface area contributed by atoms with E-state index < -0.39 is 0 Å². The Bertz CT molecular complexity index is 239. The van der Waals surface area contributed by atoms with E-state index in [2.05, 4.69) is 17.3 Å². The van der Waals surface area contributed by atoms with Gasteiger partial charge in [0.25, 0.3) is 0 Å². The Morgan fingerprint density at radius 2 is 2.06 bits per heavy atom. The predicted octanol–water partition coefficient (Wildman–Crippen LogP) is -0.439. The van der Waals surface area contributed by atoms with Crippen molar-refractivity contribution in [3.8, 4) is 0 Å². The lowest BCUT2D eigenvalue weighted by molar-refractivity contribution is -0.136. The SMILES string of the molecule is CN1CCN(C(=O)CC2CNCCO2)CC1.Cl. The third-order valence-electron chi connectivity index (χ3n) is 3.26. The summed E-state index contributed by atoms with van der Waals surface area (Å²) in [5, 5.41) is 3.25. The Morgan fingerprint density at radius 1 is 1.35 bits per heavy atom. The number of hydrogen-bond donors (Lipinski definition) is 1. The van der Waals surface area contributed by atoms with Crippen molar-refractivity contribution in [2.45, 2.75) is 12.5 Å². The second-order valence-corrected chi connectivity index (χ2v) is 4.59. The van der Waals surface area contributed by atoms with Crippen LogP contribution in [0.15, 0.2) is 0 Å². The van der Waals surface area contributed by atoms with Crippen LogP contribution in [0.1, 0.15) is 6.42 Å². The Labute approximate surface area is 109 Å². The Morgan fingerprint density at radius 3 is 2.65 bits per heavy atom. The fraction of sp³-hybridized carbons (Fsp3) is 0.909. The molecule has 0 aromatic rings. The Kier molecular flexibility index (Phi) is 6.19. The van der Waals surface area contributed by atoms with Crippen molar-refractivity contribution in [3.63, 3.8) is 0 Å². The molecule has 5 nitrogen and oxygen atoms in total. The molecular formula is C11H22ClN3O2. The standard InChI is InChI=1S/C11H21N3O2.ClH/c1-13-3-5-14(6-4-13)11(15)8-10-9-12-2-7-16-10;/h10,12H,2-9H2,1H3;1H. The lowest BCUT2D eigenvalue weighted by atomic mass is 10.2. The Hall–Kier alpha value is -0.360. The molecule has 6 heteroatoms. The first kappa shape index (κ1) is 14.7. The number of carbonyl (C=O) groups excluding carboxylic acids is 1. The second-order valence-electron chi connectivity index (χ2n) is 4.59. The van der Waals surface area contributed by atoms with Crippen LogP contribution in [0.4, 0.5) is 0 Å². The summed E-state index contributed by atoms with van der Waals surface area (Å²) in [6, 6.07) is 0. The highest BCUT2D eigenvalue weighted by Gasteiger charge is 2.23. The van der Waals surface area contributed by atoms with Gasteiger partial charge in [0, 0.05) is 39.3 Å². The van der Waals surface area contributed by atoms with Gasteiger partial charge in [0.15, 0.2) is 0 Å². The third kappa shape index (κ3) is 4.43. The van der Waals surface area contributed by atoms with Gasteiger partial charge in [0.05, 0.1) is 19.1 Å². The summed E-state index contributed by atoms with van der Waals surface area (Å²) in [6.07, 6.45) is 0.595. The van der Waals surface area contributed by atoms with Gasteiger partial charge in [-0.2, -0.15) is 0 Å². The van der Waals surface area contributed by atoms with E-state index in [4.69, 9.17) is 4.74 Å². The van der Waals surface area contributed by atoms with Gasteiger partial charge in [-0.3, -0.25) is 4.79 Å². The predicted molar refractivity (Wildman–Crippen MR) is 68.6 cm³/mol. The highest BCUT2D eigenvalue weighted by molar-refractivity contribution is 5.85. The third-order valence-corrected chi connectivity index (χ3v) is 3.26. The summed E-state index contributed by atoms with van der Waals surface area (Å²) in [6.45, 7) is 6.11. The molecule has 1 N–H and O–H groups in total. The van der Waals surface area contributed by atoms with E-state index in [1.54, 1.807) is 0 Å². The first-order valence-electron chi connectivity index (χ1n) is 6.04. The van der Waals surface area contributed by atoms with Crippen molar-refractivity contribution in [3.05, 3.63) is 0 Å². The average Bonchev–Trinajstić information content (AvgIpc) is 2.31. The van der Waals surface area contributed by atoms with Crippen molar-refractivity contribution in [2.75, 3.05) is 52.9 Å². The van der Waals surface area contributed by atoms with Crippen molar-refractivity contribution in [1.29, 1.82) is 0 Å². The molecule has 2 aliphatic rings. The number of carbonyl (C=O) groups is 1. The van der Waals surface area contributed by atoms with Crippen LogP contribution in [0.3, 0.4) is 0 Å². The minimum atomic E-state index is 0. The maximum Gasteiger partial charge on any atom is 0.225 e. The summed E-state index contributed by atoms with van der Waals surface area (Å²) < 4.78 is 5.54. The monoisotopic (exact) mass is 263 g/mol. The first-order chi connectivity index (χ1) is 7.75. The van der Waals surface area contributed by atoms with Gasteiger partial charge in [-0.1, -0.05) is 0 Å². The van der Waals surface area contributed by atoms with Gasteiger partial charge in [0.2, 0.25) is 5.91 Å². The van der Waals surface area contributed by atoms with E-state index >= 15 is 0 Å². The first-order valence-corrected chi connectivity index (χ1v) is 6.04. The van der Waals surface area contributed by atoms with Crippen molar-refractivity contribution >= 4 is 18.3 Å². The molecule has 1 amide bonds. The number of amides is 1. The molecule has 1 atom stereocenters. The summed E-state index contributed by atoms with van der Waals surface area (Å²) in [4.78, 5) is 16.2. The normalized spacial score (nSPS) is 26.4. The van der Waals surface area contributed by atoms with Gasteiger partial charge in [-0.05, 0) is 7.05 Å². The summed E-state index contributed by atoms with van der Waals surface area (Å²) >= 11 is 0. The fourth-order valence-electron chi connectivity index (χ4n) is 2.13. The second kappa shape index (κ2) is 7.16. The molecule has 0 bridgehead atoms. The quantitative estimate of drug-likeness (QED) is 0.734. The number of halogens is 1. The number of likely N-dealkylation sites (N-methyl/N-ethyl adjacent to an activating group) is 1. The molecular weight excluding hydrogens is 242 g/mol. The zero-order valence-corrected chi connectivity index (χ0v) is 11.2. The molecule has 0 aromatic carbocycles. The van der Waals surface area contributed by atoms with E-state index in [0.717, 1.165) is 45.9 Å². The number of nitrogens with one attached hydrogen (secondary N) is 1. The molecule has 2 heterocycles. The van der Waals surface area contributed by atoms with E-state index in [9.17, 15) is 4.79 Å². The molecule has 0 aromatic heterocycles. The molecule has 0 saturated carbocycles. The van der Waals surface area contributed by atoms with Gasteiger partial charge < -0.3 is 19.9 Å². The topological polar surface area (TPSA) is 44.8 Å². The zero-order valence-electron chi connectivity index (χ0n) is 10.4. The molecule has 0 radical (unpaired) electrons. The highest BCUT2D eigenvalue weighted by Crippen LogP contribution is 2.07. The van der Waals surface area contributed by atoms with Crippen LogP contribution >= 0.6 is 12.4 Å². The molecule has 17 heavy (non-hydrogen) atoms. The molecule has 1 unspecified atom stereocenters.